The second kappa shape index (κ2) is 6.17. The highest BCUT2D eigenvalue weighted by Gasteiger charge is 2.42. The van der Waals surface area contributed by atoms with Crippen molar-refractivity contribution in [3.8, 4) is 0 Å². The van der Waals surface area contributed by atoms with E-state index >= 15 is 0 Å². The molecule has 120 valence electrons. The molecule has 0 unspecified atom stereocenters. The second-order valence-electron chi connectivity index (χ2n) is 5.53. The number of halogens is 1. The maximum absolute atomic E-state index is 12.8. The van der Waals surface area contributed by atoms with Gasteiger partial charge >= 0.3 is 0 Å². The molecule has 5 heteroatoms. The number of hydrogen-bond donors (Lipinski definition) is 0. The van der Waals surface area contributed by atoms with E-state index in [1.54, 1.807) is 42.5 Å². The number of benzene rings is 2. The van der Waals surface area contributed by atoms with Gasteiger partial charge in [0.25, 0.3) is 11.8 Å². The van der Waals surface area contributed by atoms with Crippen LogP contribution >= 0.6 is 15.9 Å². The molecule has 2 aromatic rings. The van der Waals surface area contributed by atoms with Gasteiger partial charge in [-0.2, -0.15) is 0 Å². The van der Waals surface area contributed by atoms with Crippen LogP contribution in [0.4, 0.5) is 0 Å². The summed E-state index contributed by atoms with van der Waals surface area (Å²) in [5.74, 6) is -1.11. The molecular formula is C19H14BrNO3. The number of Topliss-reactive ketones (excluding diaryl/α,β-unsaturated/α-hetero) is 1. The van der Waals surface area contributed by atoms with Crippen LogP contribution in [-0.2, 0) is 4.79 Å². The Morgan fingerprint density at radius 2 is 1.50 bits per heavy atom. The van der Waals surface area contributed by atoms with Crippen LogP contribution in [0.15, 0.2) is 65.2 Å². The Morgan fingerprint density at radius 3 is 2.00 bits per heavy atom. The minimum atomic E-state index is -0.842. The van der Waals surface area contributed by atoms with Gasteiger partial charge in [0.05, 0.1) is 17.2 Å². The normalized spacial score (nSPS) is 14.5. The predicted molar refractivity (Wildman–Crippen MR) is 93.6 cm³/mol. The van der Waals surface area contributed by atoms with Gasteiger partial charge in [-0.15, -0.1) is 0 Å². The Hall–Kier alpha value is -2.53. The van der Waals surface area contributed by atoms with E-state index in [0.29, 0.717) is 21.2 Å². The molecule has 0 bridgehead atoms. The van der Waals surface area contributed by atoms with Crippen LogP contribution in [0.3, 0.4) is 0 Å². The van der Waals surface area contributed by atoms with Crippen LogP contribution in [-0.4, -0.2) is 22.5 Å². The molecule has 0 saturated carbocycles. The van der Waals surface area contributed by atoms with Crippen molar-refractivity contribution in [3.63, 3.8) is 0 Å². The third kappa shape index (κ3) is 2.51. The molecule has 0 radical (unpaired) electrons. The van der Waals surface area contributed by atoms with Gasteiger partial charge in [-0.25, -0.2) is 0 Å². The Balaban J connectivity index is 2.17. The molecule has 1 heterocycles. The van der Waals surface area contributed by atoms with Crippen molar-refractivity contribution in [2.45, 2.75) is 13.0 Å². The molecule has 4 nitrogen and oxygen atoms in total. The third-order valence-electron chi connectivity index (χ3n) is 4.07. The molecule has 3 rings (SSSR count). The molecule has 0 N–H and O–H groups in total. The first-order chi connectivity index (χ1) is 11.4. The lowest BCUT2D eigenvalue weighted by Crippen LogP contribution is -2.36. The lowest BCUT2D eigenvalue weighted by Gasteiger charge is -2.28. The molecular weight excluding hydrogens is 370 g/mol. The Bertz CT molecular complexity index is 853. The first-order valence-electron chi connectivity index (χ1n) is 7.34. The van der Waals surface area contributed by atoms with Crippen molar-refractivity contribution >= 4 is 33.5 Å². The van der Waals surface area contributed by atoms with E-state index in [4.69, 9.17) is 0 Å². The summed E-state index contributed by atoms with van der Waals surface area (Å²) in [6.07, 6.45) is 0. The average molecular weight is 384 g/mol. The Labute approximate surface area is 147 Å². The number of carbonyl (C=O) groups excluding carboxylic acids is 3. The van der Waals surface area contributed by atoms with Crippen LogP contribution < -0.4 is 0 Å². The van der Waals surface area contributed by atoms with Crippen LogP contribution in [0.2, 0.25) is 0 Å². The van der Waals surface area contributed by atoms with Gasteiger partial charge in [0.2, 0.25) is 0 Å². The molecule has 0 aliphatic carbocycles. The molecule has 0 spiro atoms. The third-order valence-corrected chi connectivity index (χ3v) is 4.79. The molecule has 2 amide bonds. The SMILES string of the molecule is C=C(C(C)=O)[C@@H](c1ccccc1Br)N1C(=O)c2ccccc2C1=O. The largest absolute Gasteiger partial charge is 0.295 e. The zero-order valence-corrected chi connectivity index (χ0v) is 14.5. The molecule has 1 aliphatic rings. The summed E-state index contributed by atoms with van der Waals surface area (Å²) in [5.41, 5.74) is 1.52. The van der Waals surface area contributed by atoms with Gasteiger partial charge in [0, 0.05) is 10.0 Å². The summed E-state index contributed by atoms with van der Waals surface area (Å²) in [7, 11) is 0. The summed E-state index contributed by atoms with van der Waals surface area (Å²) in [6, 6.07) is 13.0. The zero-order valence-electron chi connectivity index (χ0n) is 13.0. The summed E-state index contributed by atoms with van der Waals surface area (Å²) in [4.78, 5) is 38.7. The molecule has 0 aromatic heterocycles. The van der Waals surface area contributed by atoms with Gasteiger partial charge in [-0.1, -0.05) is 52.8 Å². The lowest BCUT2D eigenvalue weighted by atomic mass is 9.95. The fourth-order valence-corrected chi connectivity index (χ4v) is 3.32. The van der Waals surface area contributed by atoms with Crippen molar-refractivity contribution in [2.75, 3.05) is 0 Å². The highest BCUT2D eigenvalue weighted by Crippen LogP contribution is 2.38. The summed E-state index contributed by atoms with van der Waals surface area (Å²) in [6.45, 7) is 5.21. The molecule has 1 aliphatic heterocycles. The van der Waals surface area contributed by atoms with Crippen LogP contribution in [0.5, 0.6) is 0 Å². The standard InChI is InChI=1S/C19H14BrNO3/c1-11(12(2)22)17(15-9-5-6-10-16(15)20)21-18(23)13-7-3-4-8-14(13)19(21)24/h3-10,17H,1H2,2H3/t17-/m0/s1. The van der Waals surface area contributed by atoms with E-state index in [1.807, 2.05) is 6.07 Å². The topological polar surface area (TPSA) is 54.5 Å². The van der Waals surface area contributed by atoms with Gasteiger partial charge < -0.3 is 0 Å². The van der Waals surface area contributed by atoms with E-state index < -0.39 is 17.9 Å². The number of amides is 2. The first kappa shape index (κ1) is 16.3. The van der Waals surface area contributed by atoms with Gasteiger partial charge in [-0.05, 0) is 30.7 Å². The second-order valence-corrected chi connectivity index (χ2v) is 6.39. The minimum Gasteiger partial charge on any atom is -0.295 e. The zero-order chi connectivity index (χ0) is 17.4. The van der Waals surface area contributed by atoms with E-state index in [9.17, 15) is 14.4 Å². The highest BCUT2D eigenvalue weighted by atomic mass is 79.9. The van der Waals surface area contributed by atoms with Gasteiger partial charge in [-0.3, -0.25) is 19.3 Å². The summed E-state index contributed by atoms with van der Waals surface area (Å²) in [5, 5.41) is 0. The molecule has 0 fully saturated rings. The molecule has 1 atom stereocenters. The van der Waals surface area contributed by atoms with Crippen molar-refractivity contribution in [2.24, 2.45) is 0 Å². The van der Waals surface area contributed by atoms with Crippen LogP contribution in [0.1, 0.15) is 39.2 Å². The smallest absolute Gasteiger partial charge is 0.262 e. The minimum absolute atomic E-state index is 0.191. The molecule has 24 heavy (non-hydrogen) atoms. The number of hydrogen-bond acceptors (Lipinski definition) is 3. The monoisotopic (exact) mass is 383 g/mol. The highest BCUT2D eigenvalue weighted by molar-refractivity contribution is 9.10. The number of carbonyl (C=O) groups is 3. The molecule has 2 aromatic carbocycles. The van der Waals surface area contributed by atoms with Crippen molar-refractivity contribution in [3.05, 3.63) is 81.8 Å². The number of imide groups is 1. The van der Waals surface area contributed by atoms with E-state index in [0.717, 1.165) is 4.90 Å². The summed E-state index contributed by atoms with van der Waals surface area (Å²) >= 11 is 3.43. The van der Waals surface area contributed by atoms with Crippen molar-refractivity contribution in [1.82, 2.24) is 4.90 Å². The Kier molecular flexibility index (Phi) is 4.20. The number of fused-ring (bicyclic) bond motifs is 1. The molecule has 0 saturated heterocycles. The summed E-state index contributed by atoms with van der Waals surface area (Å²) < 4.78 is 0.703. The van der Waals surface area contributed by atoms with Crippen LogP contribution in [0, 0.1) is 0 Å². The average Bonchev–Trinajstić information content (AvgIpc) is 2.82. The number of nitrogens with zero attached hydrogens (tertiary/aromatic N) is 1. The van der Waals surface area contributed by atoms with Crippen molar-refractivity contribution < 1.29 is 14.4 Å². The maximum Gasteiger partial charge on any atom is 0.262 e. The fraction of sp³-hybridized carbons (Fsp3) is 0.105. The quantitative estimate of drug-likeness (QED) is 0.593. The van der Waals surface area contributed by atoms with Crippen LogP contribution in [0.25, 0.3) is 0 Å². The fourth-order valence-electron chi connectivity index (χ4n) is 2.81. The number of ketones is 1. The lowest BCUT2D eigenvalue weighted by molar-refractivity contribution is -0.114. The van der Waals surface area contributed by atoms with E-state index in [2.05, 4.69) is 22.5 Å². The van der Waals surface area contributed by atoms with Gasteiger partial charge in [0.1, 0.15) is 0 Å². The first-order valence-corrected chi connectivity index (χ1v) is 8.14. The Morgan fingerprint density at radius 1 is 1.00 bits per heavy atom. The van der Waals surface area contributed by atoms with Crippen molar-refractivity contribution in [1.29, 1.82) is 0 Å². The van der Waals surface area contributed by atoms with E-state index in [1.165, 1.54) is 6.92 Å². The van der Waals surface area contributed by atoms with E-state index in [-0.39, 0.29) is 11.4 Å². The maximum atomic E-state index is 12.8. The predicted octanol–water partition coefficient (Wildman–Crippen LogP) is 3.93. The number of rotatable bonds is 4. The van der Waals surface area contributed by atoms with Gasteiger partial charge in [0.15, 0.2) is 5.78 Å².